The van der Waals surface area contributed by atoms with Crippen molar-refractivity contribution >= 4 is 5.69 Å². The molecule has 6 nitrogen and oxygen atoms in total. The second kappa shape index (κ2) is 9.39. The normalized spacial score (nSPS) is 14.7. The maximum absolute atomic E-state index is 12.5. The van der Waals surface area contributed by atoms with Crippen LogP contribution in [0.4, 0.5) is 5.69 Å². The maximum atomic E-state index is 12.5. The average Bonchev–Trinajstić information content (AvgIpc) is 2.91. The molecule has 1 fully saturated rings. The highest BCUT2D eigenvalue weighted by Gasteiger charge is 2.22. The fourth-order valence-electron chi connectivity index (χ4n) is 4.91. The number of hydrogen-bond donors (Lipinski definition) is 1. The van der Waals surface area contributed by atoms with Crippen LogP contribution in [0, 0.1) is 0 Å². The van der Waals surface area contributed by atoms with E-state index >= 15 is 0 Å². The van der Waals surface area contributed by atoms with Crippen molar-refractivity contribution in [1.82, 2.24) is 9.97 Å². The molecular formula is C29H27N3O3. The molecule has 2 aromatic carbocycles. The smallest absolute Gasteiger partial charge is 0.250 e. The highest BCUT2D eigenvalue weighted by molar-refractivity contribution is 5.74. The number of anilines is 1. The molecule has 1 saturated heterocycles. The molecule has 0 saturated carbocycles. The Labute approximate surface area is 204 Å². The Bertz CT molecular complexity index is 1410. The molecule has 1 N–H and O–H groups in total. The zero-order chi connectivity index (χ0) is 23.6. The number of aryl methyl sites for hydroxylation is 2. The quantitative estimate of drug-likeness (QED) is 0.406. The van der Waals surface area contributed by atoms with Crippen LogP contribution in [-0.2, 0) is 24.0 Å². The summed E-state index contributed by atoms with van der Waals surface area (Å²) in [4.78, 5) is 22.0. The predicted molar refractivity (Wildman–Crippen MR) is 136 cm³/mol. The summed E-state index contributed by atoms with van der Waals surface area (Å²) in [6, 6.07) is 20.4. The number of rotatable bonds is 5. The van der Waals surface area contributed by atoms with Gasteiger partial charge in [-0.05, 0) is 59.4 Å². The summed E-state index contributed by atoms with van der Waals surface area (Å²) >= 11 is 0. The number of nitrogens with zero attached hydrogens (tertiary/aromatic N) is 2. The molecule has 2 aliphatic heterocycles. The Balaban J connectivity index is 1.27. The van der Waals surface area contributed by atoms with Crippen molar-refractivity contribution in [1.29, 1.82) is 0 Å². The van der Waals surface area contributed by atoms with E-state index in [1.807, 2.05) is 30.5 Å². The van der Waals surface area contributed by atoms with Gasteiger partial charge in [0.05, 0.1) is 18.9 Å². The van der Waals surface area contributed by atoms with Crippen molar-refractivity contribution in [3.63, 3.8) is 0 Å². The third-order valence-corrected chi connectivity index (χ3v) is 6.74. The first-order chi connectivity index (χ1) is 17.2. The van der Waals surface area contributed by atoms with Gasteiger partial charge in [-0.25, -0.2) is 0 Å². The Morgan fingerprint density at radius 3 is 2.66 bits per heavy atom. The van der Waals surface area contributed by atoms with E-state index in [0.717, 1.165) is 66.4 Å². The number of aromatic nitrogens is 2. The topological polar surface area (TPSA) is 67.5 Å². The lowest BCUT2D eigenvalue weighted by Crippen LogP contribution is -2.36. The van der Waals surface area contributed by atoms with Crippen LogP contribution in [0.5, 0.6) is 11.5 Å². The fraction of sp³-hybridized carbons (Fsp3) is 0.241. The van der Waals surface area contributed by atoms with Crippen LogP contribution in [-0.4, -0.2) is 36.3 Å². The molecule has 0 amide bonds. The summed E-state index contributed by atoms with van der Waals surface area (Å²) in [5.41, 5.74) is 7.32. The van der Waals surface area contributed by atoms with Crippen LogP contribution >= 0.6 is 0 Å². The number of hydrogen-bond acceptors (Lipinski definition) is 5. The third kappa shape index (κ3) is 4.57. The standard InChI is InChI=1S/C29H27N3O3/c33-28-18-24(32-11-13-34-14-12-32)17-26(31-28)25-5-1-4-22-16-23-15-20(8-9-27(23)35-29(22)25)6-7-21-3-2-10-30-19-21/h1-5,8-10,15,17-19H,6-7,11-14,16H2,(H,31,33). The first-order valence-electron chi connectivity index (χ1n) is 12.1. The van der Waals surface area contributed by atoms with Gasteiger partial charge >= 0.3 is 0 Å². The number of ether oxygens (including phenoxy) is 2. The van der Waals surface area contributed by atoms with E-state index in [1.165, 1.54) is 16.7 Å². The number of benzene rings is 2. The van der Waals surface area contributed by atoms with E-state index < -0.39 is 0 Å². The number of para-hydroxylation sites is 1. The minimum absolute atomic E-state index is 0.115. The summed E-state index contributed by atoms with van der Waals surface area (Å²) in [7, 11) is 0. The van der Waals surface area contributed by atoms with Crippen molar-refractivity contribution in [3.05, 3.63) is 106 Å². The van der Waals surface area contributed by atoms with Gasteiger partial charge in [0, 0.05) is 49.2 Å². The number of morpholine rings is 1. The van der Waals surface area contributed by atoms with E-state index in [1.54, 1.807) is 12.3 Å². The Morgan fingerprint density at radius 1 is 0.914 bits per heavy atom. The summed E-state index contributed by atoms with van der Waals surface area (Å²) in [6.45, 7) is 2.91. The molecule has 0 spiro atoms. The second-order valence-electron chi connectivity index (χ2n) is 9.09. The van der Waals surface area contributed by atoms with E-state index in [0.29, 0.717) is 13.2 Å². The van der Waals surface area contributed by atoms with Crippen LogP contribution in [0.3, 0.4) is 0 Å². The summed E-state index contributed by atoms with van der Waals surface area (Å²) in [5, 5.41) is 0. The number of fused-ring (bicyclic) bond motifs is 2. The molecule has 2 aromatic heterocycles. The molecule has 176 valence electrons. The van der Waals surface area contributed by atoms with Gasteiger partial charge in [0.2, 0.25) is 5.56 Å². The summed E-state index contributed by atoms with van der Waals surface area (Å²) < 4.78 is 11.9. The predicted octanol–water partition coefficient (Wildman–Crippen LogP) is 4.76. The minimum Gasteiger partial charge on any atom is -0.456 e. The molecule has 35 heavy (non-hydrogen) atoms. The van der Waals surface area contributed by atoms with E-state index in [2.05, 4.69) is 45.2 Å². The molecule has 4 heterocycles. The molecule has 4 aromatic rings. The largest absolute Gasteiger partial charge is 0.456 e. The number of nitrogens with one attached hydrogen (secondary N) is 1. The van der Waals surface area contributed by atoms with Gasteiger partial charge in [-0.2, -0.15) is 0 Å². The summed E-state index contributed by atoms with van der Waals surface area (Å²) in [6.07, 6.45) is 6.45. The zero-order valence-electron chi connectivity index (χ0n) is 19.5. The Hall–Kier alpha value is -3.90. The van der Waals surface area contributed by atoms with Crippen molar-refractivity contribution < 1.29 is 9.47 Å². The molecule has 0 unspecified atom stereocenters. The van der Waals surface area contributed by atoms with E-state index in [4.69, 9.17) is 9.47 Å². The van der Waals surface area contributed by atoms with Gasteiger partial charge in [0.15, 0.2) is 0 Å². The SMILES string of the molecule is O=c1cc(N2CCOCC2)cc(-c2cccc3c2Oc2ccc(CCc4cccnc4)cc2C3)[nH]1. The molecule has 0 bridgehead atoms. The van der Waals surface area contributed by atoms with Crippen LogP contribution < -0.4 is 15.2 Å². The van der Waals surface area contributed by atoms with Crippen molar-refractivity contribution in [2.45, 2.75) is 19.3 Å². The Morgan fingerprint density at radius 2 is 1.80 bits per heavy atom. The monoisotopic (exact) mass is 465 g/mol. The van der Waals surface area contributed by atoms with Crippen molar-refractivity contribution in [2.75, 3.05) is 31.2 Å². The van der Waals surface area contributed by atoms with Gasteiger partial charge < -0.3 is 19.4 Å². The lowest BCUT2D eigenvalue weighted by molar-refractivity contribution is 0.122. The zero-order valence-corrected chi connectivity index (χ0v) is 19.5. The number of aromatic amines is 1. The molecule has 0 radical (unpaired) electrons. The first-order valence-corrected chi connectivity index (χ1v) is 12.1. The van der Waals surface area contributed by atoms with Gasteiger partial charge in [0.25, 0.3) is 0 Å². The van der Waals surface area contributed by atoms with Gasteiger partial charge in [-0.15, -0.1) is 0 Å². The fourth-order valence-corrected chi connectivity index (χ4v) is 4.91. The highest BCUT2D eigenvalue weighted by atomic mass is 16.5. The van der Waals surface area contributed by atoms with Crippen LogP contribution in [0.2, 0.25) is 0 Å². The van der Waals surface area contributed by atoms with E-state index in [9.17, 15) is 4.79 Å². The number of pyridine rings is 2. The van der Waals surface area contributed by atoms with Crippen LogP contribution in [0.25, 0.3) is 11.3 Å². The molecule has 6 heteroatoms. The highest BCUT2D eigenvalue weighted by Crippen LogP contribution is 2.42. The minimum atomic E-state index is -0.115. The average molecular weight is 466 g/mol. The molecular weight excluding hydrogens is 438 g/mol. The molecule has 0 atom stereocenters. The lowest BCUT2D eigenvalue weighted by atomic mass is 9.94. The molecule has 0 aliphatic carbocycles. The number of H-pyrrole nitrogens is 1. The van der Waals surface area contributed by atoms with Gasteiger partial charge in [0.1, 0.15) is 11.5 Å². The maximum Gasteiger partial charge on any atom is 0.250 e. The molecule has 2 aliphatic rings. The third-order valence-electron chi connectivity index (χ3n) is 6.74. The Kier molecular flexibility index (Phi) is 5.80. The van der Waals surface area contributed by atoms with Crippen molar-refractivity contribution in [2.24, 2.45) is 0 Å². The van der Waals surface area contributed by atoms with Crippen LogP contribution in [0.1, 0.15) is 22.3 Å². The van der Waals surface area contributed by atoms with Crippen LogP contribution in [0.15, 0.2) is 77.9 Å². The first kappa shape index (κ1) is 21.6. The van der Waals surface area contributed by atoms with E-state index in [-0.39, 0.29) is 5.56 Å². The molecule has 6 rings (SSSR count). The van der Waals surface area contributed by atoms with Crippen molar-refractivity contribution in [3.8, 4) is 22.8 Å². The van der Waals surface area contributed by atoms with Gasteiger partial charge in [-0.1, -0.05) is 30.3 Å². The van der Waals surface area contributed by atoms with Gasteiger partial charge in [-0.3, -0.25) is 9.78 Å². The summed E-state index contributed by atoms with van der Waals surface area (Å²) in [5.74, 6) is 1.69. The second-order valence-corrected chi connectivity index (χ2v) is 9.09. The lowest BCUT2D eigenvalue weighted by Gasteiger charge is -2.29.